The quantitative estimate of drug-likeness (QED) is 0.591. The Bertz CT molecular complexity index is 479. The highest BCUT2D eigenvalue weighted by Crippen LogP contribution is 2.34. The summed E-state index contributed by atoms with van der Waals surface area (Å²) in [4.78, 5) is 0. The van der Waals surface area contributed by atoms with E-state index in [0.29, 0.717) is 0 Å². The standard InChI is InChI=1S/C21H28O/c1-2-3-4-5-6-13-18-21(22,19-14-9-7-10-15-19)20-16-11-8-12-17-20/h7-12,14-17,22H,2-6,13,18H2,1H3. The van der Waals surface area contributed by atoms with Crippen LogP contribution in [0.25, 0.3) is 0 Å². The van der Waals surface area contributed by atoms with Crippen molar-refractivity contribution in [3.8, 4) is 0 Å². The van der Waals surface area contributed by atoms with Gasteiger partial charge in [-0.05, 0) is 24.0 Å². The molecule has 1 N–H and O–H groups in total. The van der Waals surface area contributed by atoms with E-state index in [2.05, 4.69) is 6.92 Å². The van der Waals surface area contributed by atoms with Gasteiger partial charge in [0.2, 0.25) is 0 Å². The molecule has 1 heteroatoms. The molecule has 118 valence electrons. The molecular weight excluding hydrogens is 268 g/mol. The van der Waals surface area contributed by atoms with Crippen LogP contribution in [0.1, 0.15) is 63.0 Å². The lowest BCUT2D eigenvalue weighted by Gasteiger charge is -2.29. The molecule has 0 saturated heterocycles. The lowest BCUT2D eigenvalue weighted by molar-refractivity contribution is 0.0678. The average Bonchev–Trinajstić information content (AvgIpc) is 2.59. The first-order valence-electron chi connectivity index (χ1n) is 8.61. The summed E-state index contributed by atoms with van der Waals surface area (Å²) in [7, 11) is 0. The predicted octanol–water partition coefficient (Wildman–Crippen LogP) is 5.67. The predicted molar refractivity (Wildman–Crippen MR) is 93.9 cm³/mol. The third kappa shape index (κ3) is 4.45. The molecule has 0 aliphatic carbocycles. The average molecular weight is 296 g/mol. The van der Waals surface area contributed by atoms with E-state index in [1.807, 2.05) is 60.7 Å². The van der Waals surface area contributed by atoms with Gasteiger partial charge >= 0.3 is 0 Å². The Morgan fingerprint density at radius 2 is 1.14 bits per heavy atom. The fraction of sp³-hybridized carbons (Fsp3) is 0.429. The Labute approximate surface area is 135 Å². The molecule has 0 atom stereocenters. The molecule has 0 fully saturated rings. The molecule has 2 aromatic rings. The minimum Gasteiger partial charge on any atom is -0.380 e. The van der Waals surface area contributed by atoms with E-state index in [9.17, 15) is 5.11 Å². The van der Waals surface area contributed by atoms with Gasteiger partial charge in [-0.1, -0.05) is 99.7 Å². The summed E-state index contributed by atoms with van der Waals surface area (Å²) in [6.07, 6.45) is 8.22. The zero-order chi connectivity index (χ0) is 15.7. The van der Waals surface area contributed by atoms with Crippen LogP contribution in [0.4, 0.5) is 0 Å². The molecule has 0 bridgehead atoms. The van der Waals surface area contributed by atoms with Gasteiger partial charge in [0.05, 0.1) is 0 Å². The van der Waals surface area contributed by atoms with Gasteiger partial charge in [0, 0.05) is 0 Å². The first-order chi connectivity index (χ1) is 10.8. The molecule has 2 aromatic carbocycles. The van der Waals surface area contributed by atoms with Crippen LogP contribution in [0.15, 0.2) is 60.7 Å². The van der Waals surface area contributed by atoms with Crippen molar-refractivity contribution < 1.29 is 5.11 Å². The molecule has 2 rings (SSSR count). The maximum absolute atomic E-state index is 11.4. The summed E-state index contributed by atoms with van der Waals surface area (Å²) in [6.45, 7) is 2.24. The smallest absolute Gasteiger partial charge is 0.115 e. The van der Waals surface area contributed by atoms with Crippen molar-refractivity contribution in [2.45, 2.75) is 57.5 Å². The van der Waals surface area contributed by atoms with E-state index in [4.69, 9.17) is 0 Å². The second-order valence-electron chi connectivity index (χ2n) is 6.11. The molecule has 0 amide bonds. The third-order valence-electron chi connectivity index (χ3n) is 4.39. The van der Waals surface area contributed by atoms with E-state index >= 15 is 0 Å². The Hall–Kier alpha value is -1.60. The number of aliphatic hydroxyl groups is 1. The van der Waals surface area contributed by atoms with Crippen LogP contribution in [-0.2, 0) is 5.60 Å². The molecule has 0 aliphatic heterocycles. The number of hydrogen-bond acceptors (Lipinski definition) is 1. The van der Waals surface area contributed by atoms with Crippen molar-refractivity contribution >= 4 is 0 Å². The molecule has 0 radical (unpaired) electrons. The lowest BCUT2D eigenvalue weighted by atomic mass is 9.82. The summed E-state index contributed by atoms with van der Waals surface area (Å²) in [5.41, 5.74) is 1.12. The second-order valence-corrected chi connectivity index (χ2v) is 6.11. The molecule has 0 heterocycles. The van der Waals surface area contributed by atoms with Crippen LogP contribution in [0.2, 0.25) is 0 Å². The van der Waals surface area contributed by atoms with Crippen molar-refractivity contribution in [3.05, 3.63) is 71.8 Å². The summed E-state index contributed by atoms with van der Waals surface area (Å²) in [6, 6.07) is 20.1. The molecular formula is C21H28O. The number of hydrogen-bond donors (Lipinski definition) is 1. The minimum atomic E-state index is -0.868. The normalized spacial score (nSPS) is 11.5. The Kier molecular flexibility index (Phi) is 6.67. The maximum atomic E-state index is 11.4. The fourth-order valence-electron chi connectivity index (χ4n) is 3.04. The monoisotopic (exact) mass is 296 g/mol. The maximum Gasteiger partial charge on any atom is 0.115 e. The van der Waals surface area contributed by atoms with Crippen molar-refractivity contribution in [2.75, 3.05) is 0 Å². The largest absolute Gasteiger partial charge is 0.380 e. The fourth-order valence-corrected chi connectivity index (χ4v) is 3.04. The van der Waals surface area contributed by atoms with E-state index < -0.39 is 5.60 Å². The van der Waals surface area contributed by atoms with Gasteiger partial charge in [-0.15, -0.1) is 0 Å². The van der Waals surface area contributed by atoms with Gasteiger partial charge in [-0.3, -0.25) is 0 Å². The molecule has 22 heavy (non-hydrogen) atoms. The lowest BCUT2D eigenvalue weighted by Crippen LogP contribution is -2.27. The van der Waals surface area contributed by atoms with Crippen LogP contribution >= 0.6 is 0 Å². The number of unbranched alkanes of at least 4 members (excludes halogenated alkanes) is 5. The second kappa shape index (κ2) is 8.75. The van der Waals surface area contributed by atoms with Crippen molar-refractivity contribution in [1.29, 1.82) is 0 Å². The summed E-state index contributed by atoms with van der Waals surface area (Å²) in [5, 5.41) is 11.4. The van der Waals surface area contributed by atoms with Gasteiger partial charge < -0.3 is 5.11 Å². The van der Waals surface area contributed by atoms with E-state index in [-0.39, 0.29) is 0 Å². The zero-order valence-electron chi connectivity index (χ0n) is 13.7. The molecule has 0 aliphatic rings. The van der Waals surface area contributed by atoms with Crippen LogP contribution in [0, 0.1) is 0 Å². The van der Waals surface area contributed by atoms with Gasteiger partial charge in [-0.25, -0.2) is 0 Å². The summed E-state index contributed by atoms with van der Waals surface area (Å²) < 4.78 is 0. The van der Waals surface area contributed by atoms with Crippen molar-refractivity contribution in [3.63, 3.8) is 0 Å². The van der Waals surface area contributed by atoms with Gasteiger partial charge in [0.15, 0.2) is 0 Å². The van der Waals surface area contributed by atoms with Crippen LogP contribution in [0.3, 0.4) is 0 Å². The Balaban J connectivity index is 2.07. The first kappa shape index (κ1) is 16.8. The molecule has 0 spiro atoms. The molecule has 0 unspecified atom stereocenters. The Morgan fingerprint density at radius 1 is 0.682 bits per heavy atom. The molecule has 1 nitrogen and oxygen atoms in total. The van der Waals surface area contributed by atoms with E-state index in [1.165, 1.54) is 32.1 Å². The van der Waals surface area contributed by atoms with Crippen LogP contribution in [-0.4, -0.2) is 5.11 Å². The van der Waals surface area contributed by atoms with Crippen molar-refractivity contribution in [2.24, 2.45) is 0 Å². The highest BCUT2D eigenvalue weighted by Gasteiger charge is 2.30. The molecule has 0 saturated carbocycles. The Morgan fingerprint density at radius 3 is 1.64 bits per heavy atom. The van der Waals surface area contributed by atoms with Gasteiger partial charge in [-0.2, -0.15) is 0 Å². The number of benzene rings is 2. The van der Waals surface area contributed by atoms with Crippen molar-refractivity contribution in [1.82, 2.24) is 0 Å². The topological polar surface area (TPSA) is 20.2 Å². The highest BCUT2D eigenvalue weighted by atomic mass is 16.3. The third-order valence-corrected chi connectivity index (χ3v) is 4.39. The first-order valence-corrected chi connectivity index (χ1v) is 8.61. The minimum absolute atomic E-state index is 0.785. The van der Waals surface area contributed by atoms with Crippen LogP contribution < -0.4 is 0 Å². The number of rotatable bonds is 9. The van der Waals surface area contributed by atoms with Gasteiger partial charge in [0.25, 0.3) is 0 Å². The van der Waals surface area contributed by atoms with E-state index in [0.717, 1.165) is 24.0 Å². The van der Waals surface area contributed by atoms with Crippen LogP contribution in [0.5, 0.6) is 0 Å². The summed E-state index contributed by atoms with van der Waals surface area (Å²) >= 11 is 0. The SMILES string of the molecule is CCCCCCCCC(O)(c1ccccc1)c1ccccc1. The molecule has 0 aromatic heterocycles. The zero-order valence-corrected chi connectivity index (χ0v) is 13.7. The summed E-state index contributed by atoms with van der Waals surface area (Å²) in [5.74, 6) is 0. The highest BCUT2D eigenvalue weighted by molar-refractivity contribution is 5.35. The van der Waals surface area contributed by atoms with E-state index in [1.54, 1.807) is 0 Å². The van der Waals surface area contributed by atoms with Gasteiger partial charge in [0.1, 0.15) is 5.60 Å².